The number of carboxylic acids is 1. The maximum Gasteiger partial charge on any atom is 0.352 e. The smallest absolute Gasteiger partial charge is 0.352 e. The molecule has 0 spiro atoms. The highest BCUT2D eigenvalue weighted by atomic mass is 32.2. The number of urea groups is 2. The average Bonchev–Trinajstić information content (AvgIpc) is 3.65. The highest BCUT2D eigenvalue weighted by Crippen LogP contribution is 2.41. The molecule has 3 aliphatic rings. The summed E-state index contributed by atoms with van der Waals surface area (Å²) >= 11 is 3.64. The van der Waals surface area contributed by atoms with Crippen LogP contribution < -0.4 is 26.2 Å². The standard InChI is InChI=1S/C24H26N8O7S3/c1-2-13-5-6-15(32(39)28-13)41-10-12-11-42-21-17(20(34)31(21)18(12)22(35)36)26-19(33)16(14-4-3-9-40-14)27-23(37)29-30-8-7-25-24(30)38/h3-6,9,16-17,21H,2,7-8,10-11H2,1H3,(H,25,38)(H,26,33)(H,35,36)(H2,27,29,37)/t16?,17-,21?/m0/s1. The van der Waals surface area contributed by atoms with Crippen molar-refractivity contribution in [2.45, 2.75) is 35.8 Å². The summed E-state index contributed by atoms with van der Waals surface area (Å²) in [5.74, 6) is -2.13. The predicted octanol–water partition coefficient (Wildman–Crippen LogP) is 0.150. The lowest BCUT2D eigenvalue weighted by molar-refractivity contribution is -0.707. The van der Waals surface area contributed by atoms with Gasteiger partial charge in [0.1, 0.15) is 28.8 Å². The number of hydrogen-bond donors (Lipinski definition) is 5. The van der Waals surface area contributed by atoms with Gasteiger partial charge in [-0.1, -0.05) is 13.0 Å². The number of aryl methyl sites for hydroxylation is 1. The Labute approximate surface area is 251 Å². The number of β-lactam (4-membered cyclic amide) rings is 1. The van der Waals surface area contributed by atoms with Crippen molar-refractivity contribution in [2.75, 3.05) is 24.6 Å². The fraction of sp³-hybridized carbons (Fsp3) is 0.375. The topological polar surface area (TPSA) is 200 Å². The number of carbonyl (C=O) groups excluding carboxylic acids is 4. The van der Waals surface area contributed by atoms with Crippen molar-refractivity contribution >= 4 is 64.7 Å². The minimum atomic E-state index is -1.29. The maximum atomic E-state index is 13.3. The van der Waals surface area contributed by atoms with Crippen molar-refractivity contribution in [3.8, 4) is 0 Å². The zero-order chi connectivity index (χ0) is 30.0. The van der Waals surface area contributed by atoms with E-state index in [2.05, 4.69) is 26.5 Å². The number of rotatable bonds is 10. The number of nitrogens with one attached hydrogen (secondary N) is 4. The van der Waals surface area contributed by atoms with E-state index < -0.39 is 47.3 Å². The van der Waals surface area contributed by atoms with E-state index in [1.54, 1.807) is 29.6 Å². The molecule has 2 fully saturated rings. The molecule has 3 aliphatic heterocycles. The van der Waals surface area contributed by atoms with Gasteiger partial charge in [-0.25, -0.2) is 24.8 Å². The van der Waals surface area contributed by atoms with Gasteiger partial charge in [0.2, 0.25) is 5.91 Å². The van der Waals surface area contributed by atoms with Gasteiger partial charge in [-0.05, 0) is 46.1 Å². The quantitative estimate of drug-likeness (QED) is 0.104. The largest absolute Gasteiger partial charge is 0.593 e. The summed E-state index contributed by atoms with van der Waals surface area (Å²) in [6.45, 7) is 2.50. The molecule has 5 heterocycles. The van der Waals surface area contributed by atoms with Crippen LogP contribution in [0.3, 0.4) is 0 Å². The zero-order valence-electron chi connectivity index (χ0n) is 22.1. The lowest BCUT2D eigenvalue weighted by atomic mass is 10.0. The van der Waals surface area contributed by atoms with Crippen molar-refractivity contribution in [3.63, 3.8) is 0 Å². The number of hydrogen-bond acceptors (Lipinski definition) is 10. The van der Waals surface area contributed by atoms with E-state index in [0.29, 0.717) is 39.0 Å². The Morgan fingerprint density at radius 2 is 2.12 bits per heavy atom. The van der Waals surface area contributed by atoms with E-state index in [9.17, 15) is 34.3 Å². The van der Waals surface area contributed by atoms with Gasteiger partial charge in [-0.3, -0.25) is 14.5 Å². The Morgan fingerprint density at radius 3 is 2.76 bits per heavy atom. The predicted molar refractivity (Wildman–Crippen MR) is 152 cm³/mol. The molecular formula is C24H26N8O7S3. The van der Waals surface area contributed by atoms with Crippen LogP contribution in [0, 0.1) is 5.21 Å². The number of aromatic nitrogens is 2. The Bertz CT molecular complexity index is 1450. The van der Waals surface area contributed by atoms with Crippen LogP contribution in [0.15, 0.2) is 45.9 Å². The summed E-state index contributed by atoms with van der Waals surface area (Å²) in [7, 11) is 0. The molecule has 2 aromatic rings. The van der Waals surface area contributed by atoms with E-state index in [-0.39, 0.29) is 23.7 Å². The van der Waals surface area contributed by atoms with E-state index in [0.717, 1.165) is 21.7 Å². The van der Waals surface area contributed by atoms with Crippen LogP contribution in [0.5, 0.6) is 0 Å². The van der Waals surface area contributed by atoms with Crippen molar-refractivity contribution in [1.29, 1.82) is 0 Å². The van der Waals surface area contributed by atoms with Crippen LogP contribution in [0.4, 0.5) is 9.59 Å². The van der Waals surface area contributed by atoms with Crippen molar-refractivity contribution in [3.05, 3.63) is 56.7 Å². The van der Waals surface area contributed by atoms with Crippen LogP contribution in [0.1, 0.15) is 23.5 Å². The molecular weight excluding hydrogens is 609 g/mol. The van der Waals surface area contributed by atoms with Crippen LogP contribution in [0.2, 0.25) is 0 Å². The van der Waals surface area contributed by atoms with Crippen molar-refractivity contribution < 1.29 is 33.9 Å². The SMILES string of the molecule is CCc1ccc(SCC2=C(C(=O)O)N3C(=O)[C@H](NC(=O)C(NC(=O)NN4CCNC4=O)c4cccs4)C3SC2)[n+]([O-])n1. The van der Waals surface area contributed by atoms with Gasteiger partial charge in [-0.15, -0.1) is 23.1 Å². The fourth-order valence-corrected chi connectivity index (χ4v) is 7.63. The molecule has 2 aromatic heterocycles. The second-order valence-electron chi connectivity index (χ2n) is 9.25. The number of thiophene rings is 1. The highest BCUT2D eigenvalue weighted by molar-refractivity contribution is 8.01. The second-order valence-corrected chi connectivity index (χ2v) is 12.3. The van der Waals surface area contributed by atoms with Gasteiger partial charge < -0.3 is 26.3 Å². The highest BCUT2D eigenvalue weighted by Gasteiger charge is 2.54. The fourth-order valence-electron chi connectivity index (χ4n) is 4.50. The van der Waals surface area contributed by atoms with Crippen molar-refractivity contribution in [2.24, 2.45) is 0 Å². The Hall–Kier alpha value is -4.03. The van der Waals surface area contributed by atoms with Gasteiger partial charge in [0.25, 0.3) is 10.9 Å². The minimum Gasteiger partial charge on any atom is -0.593 e. The number of carboxylic acid groups (broad SMARTS) is 1. The molecule has 222 valence electrons. The number of hydrazine groups is 1. The van der Waals surface area contributed by atoms with Crippen LogP contribution >= 0.6 is 34.9 Å². The van der Waals surface area contributed by atoms with Gasteiger partial charge >= 0.3 is 18.0 Å². The molecule has 2 unspecified atom stereocenters. The molecule has 42 heavy (non-hydrogen) atoms. The Morgan fingerprint density at radius 1 is 1.31 bits per heavy atom. The van der Waals surface area contributed by atoms with Crippen LogP contribution in [-0.2, 0) is 20.8 Å². The number of aliphatic carboxylic acids is 1. The summed E-state index contributed by atoms with van der Waals surface area (Å²) in [5.41, 5.74) is 3.31. The zero-order valence-corrected chi connectivity index (χ0v) is 24.5. The molecule has 0 aliphatic carbocycles. The van der Waals surface area contributed by atoms with Crippen molar-refractivity contribution in [1.82, 2.24) is 36.4 Å². The molecule has 18 heteroatoms. The molecule has 3 atom stereocenters. The van der Waals surface area contributed by atoms with E-state index in [1.165, 1.54) is 23.1 Å². The first-order chi connectivity index (χ1) is 20.2. The molecule has 2 saturated heterocycles. The van der Waals surface area contributed by atoms with E-state index >= 15 is 0 Å². The summed E-state index contributed by atoms with van der Waals surface area (Å²) in [6, 6.07) is 3.26. The lowest BCUT2D eigenvalue weighted by Gasteiger charge is -2.49. The number of fused-ring (bicyclic) bond motifs is 1. The van der Waals surface area contributed by atoms with Crippen LogP contribution in [0.25, 0.3) is 0 Å². The lowest BCUT2D eigenvalue weighted by Crippen LogP contribution is -2.71. The minimum absolute atomic E-state index is 0.159. The molecule has 0 radical (unpaired) electrons. The first kappa shape index (κ1) is 29.5. The Balaban J connectivity index is 1.26. The molecule has 6 amide bonds. The summed E-state index contributed by atoms with van der Waals surface area (Å²) < 4.78 is 0. The average molecular weight is 635 g/mol. The number of carbonyl (C=O) groups is 5. The number of amides is 6. The maximum absolute atomic E-state index is 13.3. The van der Waals surface area contributed by atoms with Gasteiger partial charge in [0.15, 0.2) is 0 Å². The first-order valence-corrected chi connectivity index (χ1v) is 15.7. The molecule has 0 bridgehead atoms. The van der Waals surface area contributed by atoms with Crippen LogP contribution in [-0.4, -0.2) is 86.0 Å². The molecule has 5 rings (SSSR count). The molecule has 15 nitrogen and oxygen atoms in total. The normalized spacial score (nSPS) is 20.4. The summed E-state index contributed by atoms with van der Waals surface area (Å²) in [4.78, 5) is 65.2. The Kier molecular flexibility index (Phi) is 8.74. The number of nitrogens with zero attached hydrogens (tertiary/aromatic N) is 4. The molecule has 0 saturated carbocycles. The molecule has 0 aromatic carbocycles. The van der Waals surface area contributed by atoms with Gasteiger partial charge in [-0.2, -0.15) is 0 Å². The third-order valence-electron chi connectivity index (χ3n) is 6.59. The van der Waals surface area contributed by atoms with E-state index in [4.69, 9.17) is 0 Å². The molecule has 5 N–H and O–H groups in total. The monoisotopic (exact) mass is 634 g/mol. The van der Waals surface area contributed by atoms with Gasteiger partial charge in [0, 0.05) is 34.1 Å². The first-order valence-electron chi connectivity index (χ1n) is 12.8. The summed E-state index contributed by atoms with van der Waals surface area (Å²) in [6.07, 6.45) is 0.600. The summed E-state index contributed by atoms with van der Waals surface area (Å²) in [5, 5.41) is 36.3. The number of thioether (sulfide) groups is 2. The van der Waals surface area contributed by atoms with Gasteiger partial charge in [0.05, 0.1) is 6.54 Å². The van der Waals surface area contributed by atoms with E-state index in [1.807, 2.05) is 6.92 Å². The second kappa shape index (κ2) is 12.5. The third-order valence-corrected chi connectivity index (χ3v) is 9.95. The third kappa shape index (κ3) is 5.95.